The van der Waals surface area contributed by atoms with Crippen molar-refractivity contribution in [2.24, 2.45) is 5.73 Å². The minimum atomic E-state index is -0.585. The molecule has 0 aliphatic heterocycles. The van der Waals surface area contributed by atoms with Crippen LogP contribution in [0.2, 0.25) is 0 Å². The second-order valence-corrected chi connectivity index (χ2v) is 4.28. The minimum Gasteiger partial charge on any atom is -0.364 e. The third-order valence-electron chi connectivity index (χ3n) is 2.54. The maximum Gasteiger partial charge on any atom is 0.271 e. The second-order valence-electron chi connectivity index (χ2n) is 4.28. The van der Waals surface area contributed by atoms with E-state index in [0.717, 1.165) is 17.7 Å². The molecule has 0 unspecified atom stereocenters. The van der Waals surface area contributed by atoms with Crippen LogP contribution in [0.15, 0.2) is 24.3 Å². The average molecular weight is 245 g/mol. The summed E-state index contributed by atoms with van der Waals surface area (Å²) in [7, 11) is 3.96. The van der Waals surface area contributed by atoms with Gasteiger partial charge in [0.05, 0.1) is 0 Å². The molecular formula is C12H15N5O. The number of aromatic amines is 1. The summed E-state index contributed by atoms with van der Waals surface area (Å²) in [6.45, 7) is 0.751. The van der Waals surface area contributed by atoms with Crippen LogP contribution in [-0.4, -0.2) is 40.3 Å². The van der Waals surface area contributed by atoms with Gasteiger partial charge in [-0.3, -0.25) is 4.79 Å². The molecule has 3 N–H and O–H groups in total. The Morgan fingerprint density at radius 3 is 2.72 bits per heavy atom. The monoisotopic (exact) mass is 245 g/mol. The van der Waals surface area contributed by atoms with Gasteiger partial charge in [-0.1, -0.05) is 24.3 Å². The first-order valence-corrected chi connectivity index (χ1v) is 5.53. The van der Waals surface area contributed by atoms with Crippen LogP contribution in [0.3, 0.4) is 0 Å². The first kappa shape index (κ1) is 12.3. The Labute approximate surface area is 105 Å². The highest BCUT2D eigenvalue weighted by Gasteiger charge is 2.17. The lowest BCUT2D eigenvalue weighted by atomic mass is 10.0. The van der Waals surface area contributed by atoms with E-state index in [4.69, 9.17) is 5.73 Å². The molecule has 18 heavy (non-hydrogen) atoms. The molecule has 1 amide bonds. The second kappa shape index (κ2) is 4.97. The van der Waals surface area contributed by atoms with Crippen molar-refractivity contribution in [2.45, 2.75) is 6.54 Å². The van der Waals surface area contributed by atoms with E-state index in [2.05, 4.69) is 15.4 Å². The van der Waals surface area contributed by atoms with E-state index in [1.54, 1.807) is 0 Å². The van der Waals surface area contributed by atoms with Crippen LogP contribution in [0.1, 0.15) is 16.1 Å². The van der Waals surface area contributed by atoms with Gasteiger partial charge >= 0.3 is 0 Å². The van der Waals surface area contributed by atoms with Gasteiger partial charge in [0.2, 0.25) is 0 Å². The van der Waals surface area contributed by atoms with Gasteiger partial charge in [-0.15, -0.1) is 0 Å². The predicted molar refractivity (Wildman–Crippen MR) is 67.7 cm³/mol. The normalized spacial score (nSPS) is 10.8. The van der Waals surface area contributed by atoms with Crippen molar-refractivity contribution in [3.8, 4) is 11.3 Å². The highest BCUT2D eigenvalue weighted by atomic mass is 16.1. The standard InChI is InChI=1S/C12H15N5O/c1-17(2)7-8-5-3-4-6-9(8)10-11(12(13)18)15-16-14-10/h3-6H,7H2,1-2H3,(H2,13,18)(H,14,15,16). The summed E-state index contributed by atoms with van der Waals surface area (Å²) in [5.41, 5.74) is 7.88. The summed E-state index contributed by atoms with van der Waals surface area (Å²) >= 11 is 0. The maximum absolute atomic E-state index is 11.3. The van der Waals surface area contributed by atoms with Crippen LogP contribution in [0.25, 0.3) is 11.3 Å². The maximum atomic E-state index is 11.3. The molecule has 0 fully saturated rings. The summed E-state index contributed by atoms with van der Waals surface area (Å²) in [5.74, 6) is -0.585. The lowest BCUT2D eigenvalue weighted by molar-refractivity contribution is 0.0996. The molecule has 0 spiro atoms. The van der Waals surface area contributed by atoms with E-state index >= 15 is 0 Å². The fourth-order valence-corrected chi connectivity index (χ4v) is 1.82. The number of benzene rings is 1. The molecule has 0 atom stereocenters. The molecule has 1 aromatic heterocycles. The fraction of sp³-hybridized carbons (Fsp3) is 0.250. The molecule has 1 aromatic carbocycles. The number of carbonyl (C=O) groups is 1. The van der Waals surface area contributed by atoms with Gasteiger partial charge in [-0.25, -0.2) is 0 Å². The van der Waals surface area contributed by atoms with Gasteiger partial charge in [-0.2, -0.15) is 15.4 Å². The number of nitrogens with one attached hydrogen (secondary N) is 1. The minimum absolute atomic E-state index is 0.168. The van der Waals surface area contributed by atoms with Crippen LogP contribution in [0, 0.1) is 0 Å². The number of nitrogens with zero attached hydrogens (tertiary/aromatic N) is 3. The topological polar surface area (TPSA) is 87.9 Å². The molecule has 0 radical (unpaired) electrons. The largest absolute Gasteiger partial charge is 0.364 e. The van der Waals surface area contributed by atoms with Crippen LogP contribution < -0.4 is 5.73 Å². The molecule has 0 bridgehead atoms. The van der Waals surface area contributed by atoms with E-state index in [0.29, 0.717) is 5.69 Å². The highest BCUT2D eigenvalue weighted by Crippen LogP contribution is 2.24. The fourth-order valence-electron chi connectivity index (χ4n) is 1.82. The molecule has 6 heteroatoms. The Morgan fingerprint density at radius 2 is 2.06 bits per heavy atom. The summed E-state index contributed by atoms with van der Waals surface area (Å²) in [5, 5.41) is 10.3. The highest BCUT2D eigenvalue weighted by molar-refractivity contribution is 5.97. The zero-order chi connectivity index (χ0) is 13.1. The summed E-state index contributed by atoms with van der Waals surface area (Å²) < 4.78 is 0. The molecule has 6 nitrogen and oxygen atoms in total. The van der Waals surface area contributed by atoms with E-state index < -0.39 is 5.91 Å². The van der Waals surface area contributed by atoms with Gasteiger partial charge in [0.1, 0.15) is 5.69 Å². The number of aromatic nitrogens is 3. The van der Waals surface area contributed by atoms with Crippen LogP contribution >= 0.6 is 0 Å². The first-order valence-electron chi connectivity index (χ1n) is 5.53. The lowest BCUT2D eigenvalue weighted by Gasteiger charge is -2.13. The zero-order valence-electron chi connectivity index (χ0n) is 10.3. The van der Waals surface area contributed by atoms with Crippen molar-refractivity contribution in [3.63, 3.8) is 0 Å². The van der Waals surface area contributed by atoms with E-state index in [1.165, 1.54) is 0 Å². The lowest BCUT2D eigenvalue weighted by Crippen LogP contribution is -2.14. The third kappa shape index (κ3) is 2.38. The summed E-state index contributed by atoms with van der Waals surface area (Å²) in [4.78, 5) is 13.3. The summed E-state index contributed by atoms with van der Waals surface area (Å²) in [6.07, 6.45) is 0. The van der Waals surface area contributed by atoms with Crippen molar-refractivity contribution in [1.29, 1.82) is 0 Å². The Morgan fingerprint density at radius 1 is 1.33 bits per heavy atom. The van der Waals surface area contributed by atoms with Gasteiger partial charge in [0.15, 0.2) is 5.69 Å². The first-order chi connectivity index (χ1) is 8.59. The van der Waals surface area contributed by atoms with E-state index in [9.17, 15) is 4.79 Å². The zero-order valence-corrected chi connectivity index (χ0v) is 10.3. The van der Waals surface area contributed by atoms with E-state index in [-0.39, 0.29) is 5.69 Å². The van der Waals surface area contributed by atoms with Crippen molar-refractivity contribution >= 4 is 5.91 Å². The number of amides is 1. The molecule has 94 valence electrons. The molecule has 2 aromatic rings. The molecule has 1 heterocycles. The van der Waals surface area contributed by atoms with Crippen LogP contribution in [0.4, 0.5) is 0 Å². The number of hydrogen-bond acceptors (Lipinski definition) is 4. The average Bonchev–Trinajstić information content (AvgIpc) is 2.77. The Bertz CT molecular complexity index is 561. The Balaban J connectivity index is 2.50. The molecule has 2 rings (SSSR count). The van der Waals surface area contributed by atoms with Gasteiger partial charge in [0, 0.05) is 12.1 Å². The quantitative estimate of drug-likeness (QED) is 0.827. The third-order valence-corrected chi connectivity index (χ3v) is 2.54. The molecular weight excluding hydrogens is 230 g/mol. The molecule has 0 saturated carbocycles. The summed E-state index contributed by atoms with van der Waals surface area (Å²) in [6, 6.07) is 7.75. The Hall–Kier alpha value is -2.21. The van der Waals surface area contributed by atoms with Crippen molar-refractivity contribution in [1.82, 2.24) is 20.3 Å². The van der Waals surface area contributed by atoms with Crippen LogP contribution in [0.5, 0.6) is 0 Å². The number of nitrogens with two attached hydrogens (primary N) is 1. The SMILES string of the molecule is CN(C)Cc1ccccc1-c1n[nH]nc1C(N)=O. The molecule has 0 saturated heterocycles. The van der Waals surface area contributed by atoms with E-state index in [1.807, 2.05) is 43.3 Å². The van der Waals surface area contributed by atoms with Crippen molar-refractivity contribution < 1.29 is 4.79 Å². The number of hydrogen-bond donors (Lipinski definition) is 2. The number of primary amides is 1. The van der Waals surface area contributed by atoms with Crippen molar-refractivity contribution in [2.75, 3.05) is 14.1 Å². The number of carbonyl (C=O) groups excluding carboxylic acids is 1. The number of H-pyrrole nitrogens is 1. The Kier molecular flexibility index (Phi) is 3.38. The van der Waals surface area contributed by atoms with Gasteiger partial charge in [0.25, 0.3) is 5.91 Å². The number of rotatable bonds is 4. The molecule has 0 aliphatic rings. The van der Waals surface area contributed by atoms with Gasteiger partial charge < -0.3 is 10.6 Å². The van der Waals surface area contributed by atoms with Gasteiger partial charge in [-0.05, 0) is 19.7 Å². The molecule has 0 aliphatic carbocycles. The smallest absolute Gasteiger partial charge is 0.271 e. The van der Waals surface area contributed by atoms with Crippen molar-refractivity contribution in [3.05, 3.63) is 35.5 Å². The predicted octanol–water partition coefficient (Wildman–Crippen LogP) is 0.632. The van der Waals surface area contributed by atoms with Crippen LogP contribution in [-0.2, 0) is 6.54 Å².